The van der Waals surface area contributed by atoms with Crippen LogP contribution in [0.4, 0.5) is 0 Å². The lowest BCUT2D eigenvalue weighted by Crippen LogP contribution is -2.30. The molecule has 1 heterocycles. The molecule has 112 valence electrons. The molecule has 1 unspecified atom stereocenters. The maximum atomic E-state index is 11.8. The van der Waals surface area contributed by atoms with Gasteiger partial charge in [-0.3, -0.25) is 4.79 Å². The van der Waals surface area contributed by atoms with Crippen LogP contribution in [-0.2, 0) is 11.3 Å². The van der Waals surface area contributed by atoms with Crippen LogP contribution in [-0.4, -0.2) is 19.6 Å². The van der Waals surface area contributed by atoms with Crippen molar-refractivity contribution < 1.29 is 9.53 Å². The smallest absolute Gasteiger partial charge is 0.258 e. The molecule has 1 atom stereocenters. The first kappa shape index (κ1) is 15.5. The van der Waals surface area contributed by atoms with Crippen molar-refractivity contribution in [1.29, 1.82) is 0 Å². The van der Waals surface area contributed by atoms with Crippen LogP contribution in [0.25, 0.3) is 0 Å². The second-order valence-electron chi connectivity index (χ2n) is 4.77. The van der Waals surface area contributed by atoms with Crippen molar-refractivity contribution in [3.8, 4) is 5.75 Å². The Kier molecular flexibility index (Phi) is 5.78. The molecule has 0 saturated heterocycles. The van der Waals surface area contributed by atoms with Gasteiger partial charge < -0.3 is 15.4 Å². The topological polar surface area (TPSA) is 50.4 Å². The first-order chi connectivity index (χ1) is 10.2. The fraction of sp³-hybridized carbons (Fsp3) is 0.312. The van der Waals surface area contributed by atoms with Gasteiger partial charge in [0.05, 0.1) is 6.04 Å². The van der Waals surface area contributed by atoms with Gasteiger partial charge in [0.2, 0.25) is 0 Å². The van der Waals surface area contributed by atoms with Gasteiger partial charge in [0.15, 0.2) is 6.61 Å². The molecule has 2 rings (SSSR count). The summed E-state index contributed by atoms with van der Waals surface area (Å²) in [5.74, 6) is 0.587. The largest absolute Gasteiger partial charge is 0.484 e. The second kappa shape index (κ2) is 7.81. The van der Waals surface area contributed by atoms with Crippen molar-refractivity contribution in [3.63, 3.8) is 0 Å². The summed E-state index contributed by atoms with van der Waals surface area (Å²) in [5, 5.41) is 8.01. The van der Waals surface area contributed by atoms with E-state index in [4.69, 9.17) is 4.74 Å². The van der Waals surface area contributed by atoms with E-state index >= 15 is 0 Å². The van der Waals surface area contributed by atoms with Crippen LogP contribution in [0, 0.1) is 0 Å². The summed E-state index contributed by atoms with van der Waals surface area (Å²) < 4.78 is 5.49. The third-order valence-electron chi connectivity index (χ3n) is 3.02. The lowest BCUT2D eigenvalue weighted by molar-refractivity contribution is -0.123. The molecule has 1 aromatic heterocycles. The fourth-order valence-electron chi connectivity index (χ4n) is 1.95. The maximum absolute atomic E-state index is 11.8. The number of rotatable bonds is 7. The number of thiophene rings is 1. The minimum atomic E-state index is -0.116. The molecule has 0 aliphatic carbocycles. The Morgan fingerprint density at radius 3 is 2.67 bits per heavy atom. The van der Waals surface area contributed by atoms with E-state index in [-0.39, 0.29) is 18.6 Å². The quantitative estimate of drug-likeness (QED) is 0.827. The lowest BCUT2D eigenvalue weighted by Gasteiger charge is -2.13. The van der Waals surface area contributed by atoms with E-state index in [9.17, 15) is 4.79 Å². The molecule has 2 aromatic rings. The molecule has 1 amide bonds. The van der Waals surface area contributed by atoms with E-state index in [0.717, 1.165) is 11.4 Å². The first-order valence-corrected chi connectivity index (χ1v) is 7.76. The average molecular weight is 304 g/mol. The highest BCUT2D eigenvalue weighted by molar-refractivity contribution is 7.10. The fourth-order valence-corrected chi connectivity index (χ4v) is 2.68. The zero-order valence-corrected chi connectivity index (χ0v) is 13.1. The highest BCUT2D eigenvalue weighted by Crippen LogP contribution is 2.18. The van der Waals surface area contributed by atoms with Gasteiger partial charge in [-0.05, 0) is 43.1 Å². The SMILES string of the molecule is CNCc1ccc(OCC(=O)NC(C)c2cccs2)cc1. The summed E-state index contributed by atoms with van der Waals surface area (Å²) in [6.07, 6.45) is 0. The van der Waals surface area contributed by atoms with E-state index in [2.05, 4.69) is 10.6 Å². The summed E-state index contributed by atoms with van der Waals surface area (Å²) in [5.41, 5.74) is 1.18. The molecule has 0 saturated carbocycles. The van der Waals surface area contributed by atoms with E-state index in [1.54, 1.807) is 11.3 Å². The van der Waals surface area contributed by atoms with E-state index in [0.29, 0.717) is 5.75 Å². The van der Waals surface area contributed by atoms with Crippen LogP contribution in [0.5, 0.6) is 5.75 Å². The predicted octanol–water partition coefficient (Wildman–Crippen LogP) is 2.72. The van der Waals surface area contributed by atoms with Crippen LogP contribution < -0.4 is 15.4 Å². The Hall–Kier alpha value is -1.85. The number of carbonyl (C=O) groups is 1. The molecule has 0 radical (unpaired) electrons. The molecule has 4 nitrogen and oxygen atoms in total. The highest BCUT2D eigenvalue weighted by atomic mass is 32.1. The van der Waals surface area contributed by atoms with Gasteiger partial charge in [-0.1, -0.05) is 18.2 Å². The molecule has 0 spiro atoms. The zero-order chi connectivity index (χ0) is 15.1. The number of carbonyl (C=O) groups excluding carboxylic acids is 1. The molecule has 0 fully saturated rings. The van der Waals surface area contributed by atoms with Crippen molar-refractivity contribution in [2.24, 2.45) is 0 Å². The highest BCUT2D eigenvalue weighted by Gasteiger charge is 2.10. The Balaban J connectivity index is 1.78. The monoisotopic (exact) mass is 304 g/mol. The molecule has 0 aliphatic heterocycles. The number of nitrogens with one attached hydrogen (secondary N) is 2. The first-order valence-electron chi connectivity index (χ1n) is 6.88. The third kappa shape index (κ3) is 4.88. The molecule has 0 bridgehead atoms. The molecular weight excluding hydrogens is 284 g/mol. The van der Waals surface area contributed by atoms with Gasteiger partial charge >= 0.3 is 0 Å². The van der Waals surface area contributed by atoms with Crippen molar-refractivity contribution >= 4 is 17.2 Å². The lowest BCUT2D eigenvalue weighted by atomic mass is 10.2. The van der Waals surface area contributed by atoms with Gasteiger partial charge in [-0.15, -0.1) is 11.3 Å². The Bertz CT molecular complexity index is 552. The van der Waals surface area contributed by atoms with E-state index < -0.39 is 0 Å². The van der Waals surface area contributed by atoms with Crippen molar-refractivity contribution in [2.45, 2.75) is 19.5 Å². The Morgan fingerprint density at radius 1 is 1.29 bits per heavy atom. The third-order valence-corrected chi connectivity index (χ3v) is 4.08. The summed E-state index contributed by atoms with van der Waals surface area (Å²) in [6, 6.07) is 11.7. The molecule has 5 heteroatoms. The Labute approximate surface area is 129 Å². The minimum Gasteiger partial charge on any atom is -0.484 e. The number of hydrogen-bond donors (Lipinski definition) is 2. The second-order valence-corrected chi connectivity index (χ2v) is 5.75. The maximum Gasteiger partial charge on any atom is 0.258 e. The van der Waals surface area contributed by atoms with E-state index in [1.807, 2.05) is 55.7 Å². The summed E-state index contributed by atoms with van der Waals surface area (Å²) in [6.45, 7) is 2.82. The summed E-state index contributed by atoms with van der Waals surface area (Å²) in [4.78, 5) is 13.0. The number of amides is 1. The zero-order valence-electron chi connectivity index (χ0n) is 12.3. The standard InChI is InChI=1S/C16H20N2O2S/c1-12(15-4-3-9-21-15)18-16(19)11-20-14-7-5-13(6-8-14)10-17-2/h3-9,12,17H,10-11H2,1-2H3,(H,18,19). The number of benzene rings is 1. The van der Waals surface area contributed by atoms with Gasteiger partial charge in [0.1, 0.15) is 5.75 Å². The average Bonchev–Trinajstić information content (AvgIpc) is 3.01. The van der Waals surface area contributed by atoms with Crippen LogP contribution in [0.2, 0.25) is 0 Å². The molecule has 0 aliphatic rings. The van der Waals surface area contributed by atoms with Crippen molar-refractivity contribution in [1.82, 2.24) is 10.6 Å². The normalized spacial score (nSPS) is 11.9. The Morgan fingerprint density at radius 2 is 2.05 bits per heavy atom. The summed E-state index contributed by atoms with van der Waals surface area (Å²) >= 11 is 1.63. The van der Waals surface area contributed by atoms with Crippen LogP contribution in [0.15, 0.2) is 41.8 Å². The molecule has 2 N–H and O–H groups in total. The number of ether oxygens (including phenoxy) is 1. The van der Waals surface area contributed by atoms with Gasteiger partial charge in [0.25, 0.3) is 5.91 Å². The van der Waals surface area contributed by atoms with Crippen LogP contribution >= 0.6 is 11.3 Å². The molecule has 1 aromatic carbocycles. The van der Waals surface area contributed by atoms with Gasteiger partial charge in [0, 0.05) is 11.4 Å². The van der Waals surface area contributed by atoms with Crippen LogP contribution in [0.1, 0.15) is 23.4 Å². The number of hydrogen-bond acceptors (Lipinski definition) is 4. The predicted molar refractivity (Wildman–Crippen MR) is 85.6 cm³/mol. The van der Waals surface area contributed by atoms with Gasteiger partial charge in [-0.2, -0.15) is 0 Å². The van der Waals surface area contributed by atoms with E-state index in [1.165, 1.54) is 5.56 Å². The molecule has 21 heavy (non-hydrogen) atoms. The minimum absolute atomic E-state index is 0.0131. The van der Waals surface area contributed by atoms with Crippen molar-refractivity contribution in [3.05, 3.63) is 52.2 Å². The molecular formula is C16H20N2O2S. The van der Waals surface area contributed by atoms with Gasteiger partial charge in [-0.25, -0.2) is 0 Å². The van der Waals surface area contributed by atoms with Crippen LogP contribution in [0.3, 0.4) is 0 Å². The van der Waals surface area contributed by atoms with Crippen molar-refractivity contribution in [2.75, 3.05) is 13.7 Å². The summed E-state index contributed by atoms with van der Waals surface area (Å²) in [7, 11) is 1.91.